The average molecular weight is 234 g/mol. The van der Waals surface area contributed by atoms with Crippen LogP contribution >= 0.6 is 0 Å². The van der Waals surface area contributed by atoms with Crippen molar-refractivity contribution in [2.45, 2.75) is 39.2 Å². The molecule has 2 rings (SSSR count). The zero-order chi connectivity index (χ0) is 12.3. The van der Waals surface area contributed by atoms with E-state index < -0.39 is 6.10 Å². The van der Waals surface area contributed by atoms with Crippen LogP contribution in [0.5, 0.6) is 0 Å². The summed E-state index contributed by atoms with van der Waals surface area (Å²) < 4.78 is 0. The lowest BCUT2D eigenvalue weighted by Gasteiger charge is -2.32. The van der Waals surface area contributed by atoms with Gasteiger partial charge in [-0.1, -0.05) is 13.3 Å². The highest BCUT2D eigenvalue weighted by atomic mass is 16.3. The topological polar surface area (TPSA) is 36.4 Å². The molecule has 1 atom stereocenters. The van der Waals surface area contributed by atoms with E-state index in [1.54, 1.807) is 13.1 Å². The van der Waals surface area contributed by atoms with Crippen LogP contribution in [0.1, 0.15) is 44.8 Å². The molecule has 0 saturated carbocycles. The Balaban J connectivity index is 2.05. The van der Waals surface area contributed by atoms with E-state index in [0.29, 0.717) is 0 Å². The van der Waals surface area contributed by atoms with Gasteiger partial charge >= 0.3 is 0 Å². The van der Waals surface area contributed by atoms with E-state index in [1.807, 2.05) is 12.1 Å². The van der Waals surface area contributed by atoms with Gasteiger partial charge in [0.25, 0.3) is 0 Å². The van der Waals surface area contributed by atoms with Crippen LogP contribution in [0.3, 0.4) is 0 Å². The zero-order valence-corrected chi connectivity index (χ0v) is 10.8. The molecule has 2 heterocycles. The van der Waals surface area contributed by atoms with E-state index in [4.69, 9.17) is 0 Å². The molecule has 0 amide bonds. The molecule has 94 valence electrons. The van der Waals surface area contributed by atoms with Gasteiger partial charge < -0.3 is 10.0 Å². The number of pyridine rings is 1. The number of piperidine rings is 1. The SMILES string of the molecule is CCC1CCN(c2cc([C@H](C)O)ccn2)CC1. The van der Waals surface area contributed by atoms with Crippen LogP contribution in [0, 0.1) is 5.92 Å². The number of anilines is 1. The molecule has 1 fully saturated rings. The molecule has 0 bridgehead atoms. The molecule has 0 aromatic carbocycles. The maximum Gasteiger partial charge on any atom is 0.128 e. The van der Waals surface area contributed by atoms with Crippen LogP contribution in [0.4, 0.5) is 5.82 Å². The van der Waals surface area contributed by atoms with Crippen LogP contribution in [-0.2, 0) is 0 Å². The van der Waals surface area contributed by atoms with Gasteiger partial charge in [-0.25, -0.2) is 4.98 Å². The highest BCUT2D eigenvalue weighted by Crippen LogP contribution is 2.25. The fourth-order valence-corrected chi connectivity index (χ4v) is 2.44. The largest absolute Gasteiger partial charge is 0.389 e. The van der Waals surface area contributed by atoms with Gasteiger partial charge in [0.2, 0.25) is 0 Å². The van der Waals surface area contributed by atoms with Crippen LogP contribution < -0.4 is 4.90 Å². The third-order valence-electron chi connectivity index (χ3n) is 3.77. The van der Waals surface area contributed by atoms with Gasteiger partial charge in [-0.15, -0.1) is 0 Å². The van der Waals surface area contributed by atoms with Gasteiger partial charge in [0, 0.05) is 19.3 Å². The second-order valence-electron chi connectivity index (χ2n) is 4.96. The summed E-state index contributed by atoms with van der Waals surface area (Å²) >= 11 is 0. The molecule has 1 aromatic heterocycles. The Morgan fingerprint density at radius 3 is 2.76 bits per heavy atom. The molecule has 3 nitrogen and oxygen atoms in total. The zero-order valence-electron chi connectivity index (χ0n) is 10.8. The van der Waals surface area contributed by atoms with Crippen molar-refractivity contribution < 1.29 is 5.11 Å². The van der Waals surface area contributed by atoms with Gasteiger partial charge in [-0.3, -0.25) is 0 Å². The molecule has 1 aliphatic rings. The Morgan fingerprint density at radius 2 is 2.18 bits per heavy atom. The van der Waals surface area contributed by atoms with E-state index in [2.05, 4.69) is 16.8 Å². The first kappa shape index (κ1) is 12.4. The number of aliphatic hydroxyl groups excluding tert-OH is 1. The van der Waals surface area contributed by atoms with Crippen molar-refractivity contribution in [3.63, 3.8) is 0 Å². The van der Waals surface area contributed by atoms with Crippen molar-refractivity contribution in [1.29, 1.82) is 0 Å². The summed E-state index contributed by atoms with van der Waals surface area (Å²) in [5.41, 5.74) is 0.951. The van der Waals surface area contributed by atoms with E-state index in [0.717, 1.165) is 30.4 Å². The Hall–Kier alpha value is -1.09. The normalized spacial score (nSPS) is 19.4. The number of nitrogens with zero attached hydrogens (tertiary/aromatic N) is 2. The number of hydrogen-bond acceptors (Lipinski definition) is 3. The molecular formula is C14H22N2O. The van der Waals surface area contributed by atoms with Crippen molar-refractivity contribution in [2.24, 2.45) is 5.92 Å². The van der Waals surface area contributed by atoms with Crippen molar-refractivity contribution in [3.8, 4) is 0 Å². The first-order valence-corrected chi connectivity index (χ1v) is 6.59. The van der Waals surface area contributed by atoms with E-state index in [-0.39, 0.29) is 0 Å². The van der Waals surface area contributed by atoms with Crippen molar-refractivity contribution in [3.05, 3.63) is 23.9 Å². The second-order valence-corrected chi connectivity index (χ2v) is 4.96. The van der Waals surface area contributed by atoms with Crippen LogP contribution in [0.15, 0.2) is 18.3 Å². The molecular weight excluding hydrogens is 212 g/mol. The van der Waals surface area contributed by atoms with Crippen LogP contribution in [0.2, 0.25) is 0 Å². The van der Waals surface area contributed by atoms with E-state index in [1.165, 1.54) is 19.3 Å². The number of aliphatic hydroxyl groups is 1. The van der Waals surface area contributed by atoms with E-state index >= 15 is 0 Å². The summed E-state index contributed by atoms with van der Waals surface area (Å²) in [6, 6.07) is 3.89. The molecule has 1 N–H and O–H groups in total. The summed E-state index contributed by atoms with van der Waals surface area (Å²) in [5, 5.41) is 9.58. The molecule has 1 saturated heterocycles. The molecule has 3 heteroatoms. The summed E-state index contributed by atoms with van der Waals surface area (Å²) in [5.74, 6) is 1.89. The molecule has 0 spiro atoms. The molecule has 0 unspecified atom stereocenters. The number of hydrogen-bond donors (Lipinski definition) is 1. The Kier molecular flexibility index (Phi) is 4.00. The summed E-state index contributed by atoms with van der Waals surface area (Å²) in [6.07, 6.45) is 5.19. The minimum Gasteiger partial charge on any atom is -0.389 e. The van der Waals surface area contributed by atoms with E-state index in [9.17, 15) is 5.11 Å². The van der Waals surface area contributed by atoms with Crippen molar-refractivity contribution in [1.82, 2.24) is 4.98 Å². The maximum atomic E-state index is 9.58. The Morgan fingerprint density at radius 1 is 1.47 bits per heavy atom. The lowest BCUT2D eigenvalue weighted by Crippen LogP contribution is -2.34. The number of aromatic nitrogens is 1. The lowest BCUT2D eigenvalue weighted by atomic mass is 9.94. The maximum absolute atomic E-state index is 9.58. The first-order valence-electron chi connectivity index (χ1n) is 6.59. The molecule has 1 aromatic rings. The standard InChI is InChI=1S/C14H22N2O/c1-3-12-5-8-16(9-6-12)14-10-13(11(2)17)4-7-15-14/h4,7,10-12,17H,3,5-6,8-9H2,1-2H3/t11-/m0/s1. The van der Waals surface area contributed by atoms with Crippen molar-refractivity contribution >= 4 is 5.82 Å². The third kappa shape index (κ3) is 2.97. The van der Waals surface area contributed by atoms with Gasteiger partial charge in [-0.2, -0.15) is 0 Å². The predicted molar refractivity (Wildman–Crippen MR) is 70.1 cm³/mol. The lowest BCUT2D eigenvalue weighted by molar-refractivity contribution is 0.199. The summed E-state index contributed by atoms with van der Waals surface area (Å²) in [6.45, 7) is 6.25. The Labute approximate surface area is 103 Å². The molecule has 0 radical (unpaired) electrons. The monoisotopic (exact) mass is 234 g/mol. The van der Waals surface area contributed by atoms with Crippen molar-refractivity contribution in [2.75, 3.05) is 18.0 Å². The van der Waals surface area contributed by atoms with Gasteiger partial charge in [0.1, 0.15) is 5.82 Å². The summed E-state index contributed by atoms with van der Waals surface area (Å²) in [4.78, 5) is 6.74. The average Bonchev–Trinajstić information content (AvgIpc) is 2.39. The number of rotatable bonds is 3. The second kappa shape index (κ2) is 5.50. The molecule has 1 aliphatic heterocycles. The fraction of sp³-hybridized carbons (Fsp3) is 0.643. The van der Waals surface area contributed by atoms with Crippen LogP contribution in [0.25, 0.3) is 0 Å². The smallest absolute Gasteiger partial charge is 0.128 e. The van der Waals surface area contributed by atoms with Gasteiger partial charge in [0.15, 0.2) is 0 Å². The highest BCUT2D eigenvalue weighted by molar-refractivity contribution is 5.41. The minimum atomic E-state index is -0.412. The first-order chi connectivity index (χ1) is 8.20. The molecule has 17 heavy (non-hydrogen) atoms. The van der Waals surface area contributed by atoms with Gasteiger partial charge in [0.05, 0.1) is 6.10 Å². The van der Waals surface area contributed by atoms with Crippen LogP contribution in [-0.4, -0.2) is 23.2 Å². The highest BCUT2D eigenvalue weighted by Gasteiger charge is 2.19. The predicted octanol–water partition coefficient (Wildman–Crippen LogP) is 2.76. The fourth-order valence-electron chi connectivity index (χ4n) is 2.44. The third-order valence-corrected chi connectivity index (χ3v) is 3.77. The van der Waals surface area contributed by atoms with Gasteiger partial charge in [-0.05, 0) is 43.4 Å². The minimum absolute atomic E-state index is 0.412. The quantitative estimate of drug-likeness (QED) is 0.873. The summed E-state index contributed by atoms with van der Waals surface area (Å²) in [7, 11) is 0. The molecule has 0 aliphatic carbocycles. The Bertz CT molecular complexity index is 357.